The zero-order valence-corrected chi connectivity index (χ0v) is 17.3. The first kappa shape index (κ1) is 17.9. The van der Waals surface area contributed by atoms with E-state index in [9.17, 15) is 4.79 Å². The molecule has 2 heterocycles. The van der Waals surface area contributed by atoms with Crippen molar-refractivity contribution < 1.29 is 0 Å². The molecule has 0 saturated carbocycles. The van der Waals surface area contributed by atoms with E-state index in [4.69, 9.17) is 4.99 Å². The quantitative estimate of drug-likeness (QED) is 0.373. The van der Waals surface area contributed by atoms with E-state index in [1.54, 1.807) is 0 Å². The Balaban J connectivity index is 1.80. The molecular weight excluding hydrogens is 402 g/mol. The first-order valence-corrected chi connectivity index (χ1v) is 10.9. The van der Waals surface area contributed by atoms with Gasteiger partial charge < -0.3 is 4.98 Å². The molecule has 0 radical (unpaired) electrons. The third-order valence-corrected chi connectivity index (χ3v) is 6.54. The molecule has 148 valence electrons. The summed E-state index contributed by atoms with van der Waals surface area (Å²) in [5, 5.41) is 2.23. The maximum atomic E-state index is 13.2. The summed E-state index contributed by atoms with van der Waals surface area (Å²) in [5.41, 5.74) is 4.11. The van der Waals surface area contributed by atoms with E-state index >= 15 is 0 Å². The van der Waals surface area contributed by atoms with Crippen molar-refractivity contribution in [3.63, 3.8) is 0 Å². The van der Waals surface area contributed by atoms with Crippen molar-refractivity contribution in [3.05, 3.63) is 112 Å². The second-order valence-electron chi connectivity index (χ2n) is 7.35. The summed E-state index contributed by atoms with van der Waals surface area (Å²) in [6.45, 7) is 0. The SMILES string of the molecule is O=c1[nH]c2ccccc2n2c(=Nc3cccc4ccccc34)sc(-c3ccccc3)c12. The number of rotatable bonds is 2. The Bertz CT molecular complexity index is 1700. The Kier molecular flexibility index (Phi) is 4.08. The first-order chi connectivity index (χ1) is 15.3. The molecule has 31 heavy (non-hydrogen) atoms. The van der Waals surface area contributed by atoms with Crippen LogP contribution in [-0.2, 0) is 0 Å². The molecule has 1 N–H and O–H groups in total. The van der Waals surface area contributed by atoms with Gasteiger partial charge in [0.2, 0.25) is 0 Å². The summed E-state index contributed by atoms with van der Waals surface area (Å²) < 4.78 is 1.99. The molecule has 5 heteroatoms. The highest BCUT2D eigenvalue weighted by Crippen LogP contribution is 2.29. The molecule has 6 rings (SSSR count). The Morgan fingerprint density at radius 2 is 1.52 bits per heavy atom. The number of hydrogen-bond donors (Lipinski definition) is 1. The summed E-state index contributed by atoms with van der Waals surface area (Å²) in [7, 11) is 0. The van der Waals surface area contributed by atoms with Crippen molar-refractivity contribution in [3.8, 4) is 10.4 Å². The number of aromatic nitrogens is 2. The maximum Gasteiger partial charge on any atom is 0.274 e. The second kappa shape index (κ2) is 7.07. The van der Waals surface area contributed by atoms with Gasteiger partial charge in [0.25, 0.3) is 5.56 Å². The van der Waals surface area contributed by atoms with Gasteiger partial charge in [0.05, 0.1) is 21.6 Å². The summed E-state index contributed by atoms with van der Waals surface area (Å²) in [4.78, 5) is 22.9. The van der Waals surface area contributed by atoms with Crippen molar-refractivity contribution in [2.75, 3.05) is 0 Å². The molecule has 4 aromatic carbocycles. The molecule has 0 aliphatic carbocycles. The highest BCUT2D eigenvalue weighted by molar-refractivity contribution is 7.13. The lowest BCUT2D eigenvalue weighted by molar-refractivity contribution is 1.11. The second-order valence-corrected chi connectivity index (χ2v) is 8.32. The van der Waals surface area contributed by atoms with Crippen molar-refractivity contribution in [1.29, 1.82) is 0 Å². The third-order valence-electron chi connectivity index (χ3n) is 5.45. The normalized spacial score (nSPS) is 12.2. The van der Waals surface area contributed by atoms with Crippen LogP contribution < -0.4 is 10.4 Å². The minimum atomic E-state index is -0.117. The van der Waals surface area contributed by atoms with Gasteiger partial charge in [0.1, 0.15) is 5.52 Å². The van der Waals surface area contributed by atoms with Gasteiger partial charge in [-0.15, -0.1) is 0 Å². The van der Waals surface area contributed by atoms with Gasteiger partial charge in [-0.25, -0.2) is 4.99 Å². The fourth-order valence-corrected chi connectivity index (χ4v) is 5.18. The predicted octanol–water partition coefficient (Wildman–Crippen LogP) is 5.89. The average Bonchev–Trinajstić information content (AvgIpc) is 3.20. The number of para-hydroxylation sites is 2. The monoisotopic (exact) mass is 419 g/mol. The standard InChI is InChI=1S/C26H17N3OS/c30-25-23-24(18-10-2-1-3-11-18)31-26(29(23)22-16-7-6-14-21(22)27-25)28-20-15-8-12-17-9-4-5-13-19(17)20/h1-16H,(H,27,30). The van der Waals surface area contributed by atoms with E-state index in [1.807, 2.05) is 83.3 Å². The summed E-state index contributed by atoms with van der Waals surface area (Å²) in [6.07, 6.45) is 0. The minimum absolute atomic E-state index is 0.117. The average molecular weight is 420 g/mol. The van der Waals surface area contributed by atoms with E-state index in [2.05, 4.69) is 23.2 Å². The van der Waals surface area contributed by atoms with Crippen LogP contribution in [-0.4, -0.2) is 9.38 Å². The number of H-pyrrole nitrogens is 1. The van der Waals surface area contributed by atoms with Crippen molar-refractivity contribution in [1.82, 2.24) is 9.38 Å². The van der Waals surface area contributed by atoms with E-state index in [1.165, 1.54) is 11.3 Å². The first-order valence-electron chi connectivity index (χ1n) is 10.0. The molecule has 0 atom stereocenters. The summed E-state index contributed by atoms with van der Waals surface area (Å²) >= 11 is 1.53. The number of aromatic amines is 1. The van der Waals surface area contributed by atoms with E-state index in [0.29, 0.717) is 5.52 Å². The Morgan fingerprint density at radius 3 is 2.42 bits per heavy atom. The Hall–Kier alpha value is -3.96. The minimum Gasteiger partial charge on any atom is -0.319 e. The van der Waals surface area contributed by atoms with Crippen LogP contribution in [0, 0.1) is 0 Å². The van der Waals surface area contributed by atoms with E-state index < -0.39 is 0 Å². The lowest BCUT2D eigenvalue weighted by Gasteiger charge is -2.04. The van der Waals surface area contributed by atoms with Gasteiger partial charge in [0.15, 0.2) is 4.80 Å². The summed E-state index contributed by atoms with van der Waals surface area (Å²) in [5.74, 6) is 0. The van der Waals surface area contributed by atoms with Gasteiger partial charge in [-0.3, -0.25) is 9.20 Å². The van der Waals surface area contributed by atoms with E-state index in [-0.39, 0.29) is 5.56 Å². The van der Waals surface area contributed by atoms with Gasteiger partial charge in [-0.05, 0) is 29.1 Å². The lowest BCUT2D eigenvalue weighted by Crippen LogP contribution is -2.16. The zero-order valence-electron chi connectivity index (χ0n) is 16.4. The molecule has 0 bridgehead atoms. The third kappa shape index (κ3) is 2.90. The van der Waals surface area contributed by atoms with Crippen molar-refractivity contribution >= 4 is 44.3 Å². The fraction of sp³-hybridized carbons (Fsp3) is 0. The number of nitrogens with one attached hydrogen (secondary N) is 1. The fourth-order valence-electron chi connectivity index (χ4n) is 4.03. The number of benzene rings is 4. The van der Waals surface area contributed by atoms with Crippen LogP contribution in [0.5, 0.6) is 0 Å². The molecule has 0 amide bonds. The molecule has 0 aliphatic rings. The van der Waals surface area contributed by atoms with Crippen LogP contribution >= 0.6 is 11.3 Å². The molecule has 0 saturated heterocycles. The van der Waals surface area contributed by atoms with Gasteiger partial charge in [-0.1, -0.05) is 90.2 Å². The molecular formula is C26H17N3OS. The predicted molar refractivity (Wildman–Crippen MR) is 128 cm³/mol. The van der Waals surface area contributed by atoms with Gasteiger partial charge in [-0.2, -0.15) is 0 Å². The summed E-state index contributed by atoms with van der Waals surface area (Å²) in [6, 6.07) is 32.2. The lowest BCUT2D eigenvalue weighted by atomic mass is 10.1. The molecule has 0 unspecified atom stereocenters. The largest absolute Gasteiger partial charge is 0.319 e. The number of fused-ring (bicyclic) bond motifs is 4. The van der Waals surface area contributed by atoms with Gasteiger partial charge >= 0.3 is 0 Å². The zero-order chi connectivity index (χ0) is 20.8. The van der Waals surface area contributed by atoms with Crippen LogP contribution in [0.3, 0.4) is 0 Å². The maximum absolute atomic E-state index is 13.2. The Labute approximate surface area is 181 Å². The van der Waals surface area contributed by atoms with Crippen molar-refractivity contribution in [2.45, 2.75) is 0 Å². The molecule has 6 aromatic rings. The van der Waals surface area contributed by atoms with Crippen LogP contribution in [0.4, 0.5) is 5.69 Å². The molecule has 0 aliphatic heterocycles. The smallest absolute Gasteiger partial charge is 0.274 e. The molecule has 4 nitrogen and oxygen atoms in total. The Morgan fingerprint density at radius 1 is 0.774 bits per heavy atom. The van der Waals surface area contributed by atoms with Crippen LogP contribution in [0.2, 0.25) is 0 Å². The highest BCUT2D eigenvalue weighted by atomic mass is 32.1. The highest BCUT2D eigenvalue weighted by Gasteiger charge is 2.15. The van der Waals surface area contributed by atoms with Crippen LogP contribution in [0.15, 0.2) is 107 Å². The number of hydrogen-bond acceptors (Lipinski definition) is 3. The van der Waals surface area contributed by atoms with Crippen LogP contribution in [0.1, 0.15) is 0 Å². The number of thiazole rings is 1. The molecule has 0 spiro atoms. The van der Waals surface area contributed by atoms with E-state index in [0.717, 1.165) is 42.7 Å². The molecule has 2 aromatic heterocycles. The number of nitrogens with zero attached hydrogens (tertiary/aromatic N) is 2. The van der Waals surface area contributed by atoms with Crippen LogP contribution in [0.25, 0.3) is 37.8 Å². The van der Waals surface area contributed by atoms with Gasteiger partial charge in [0, 0.05) is 5.39 Å². The molecule has 0 fully saturated rings. The van der Waals surface area contributed by atoms with Crippen molar-refractivity contribution in [2.24, 2.45) is 4.99 Å². The topological polar surface area (TPSA) is 49.6 Å².